The molecule has 0 aliphatic carbocycles. The van der Waals surface area contributed by atoms with Gasteiger partial charge in [-0.1, -0.05) is 0 Å². The molecule has 148 valence electrons. The van der Waals surface area contributed by atoms with Crippen LogP contribution in [0.15, 0.2) is 24.7 Å². The lowest BCUT2D eigenvalue weighted by Crippen LogP contribution is -2.29. The van der Waals surface area contributed by atoms with Crippen LogP contribution in [0, 0.1) is 13.8 Å². The summed E-state index contributed by atoms with van der Waals surface area (Å²) in [5, 5.41) is 4.78. The Morgan fingerprint density at radius 2 is 2.14 bits per heavy atom. The Kier molecular flexibility index (Phi) is 5.13. The molecule has 8 nitrogen and oxygen atoms in total. The summed E-state index contributed by atoms with van der Waals surface area (Å²) in [6, 6.07) is 2.03. The fourth-order valence-corrected chi connectivity index (χ4v) is 3.93. The van der Waals surface area contributed by atoms with Gasteiger partial charge in [-0.25, -0.2) is 14.5 Å². The average molecular weight is 382 g/mol. The Hall–Kier alpha value is -2.74. The minimum absolute atomic E-state index is 0.155. The average Bonchev–Trinajstić information content (AvgIpc) is 3.40. The van der Waals surface area contributed by atoms with Crippen molar-refractivity contribution in [3.8, 4) is 0 Å². The standard InChI is InChI=1S/C20H26N6O2/c1-14-17(13-24-10-8-21-15(24)2)20-22-7-4-18(26(20)23-14)16-5-9-25(12-16)19(27)6-11-28-3/h4,7-8,10,16H,5-6,9,11-13H2,1-3H3. The maximum Gasteiger partial charge on any atom is 0.224 e. The zero-order chi connectivity index (χ0) is 19.7. The van der Waals surface area contributed by atoms with Crippen LogP contribution in [0.3, 0.4) is 0 Å². The number of hydrogen-bond donors (Lipinski definition) is 0. The van der Waals surface area contributed by atoms with Gasteiger partial charge in [-0.15, -0.1) is 0 Å². The van der Waals surface area contributed by atoms with Crippen molar-refractivity contribution >= 4 is 11.6 Å². The quantitative estimate of drug-likeness (QED) is 0.651. The Morgan fingerprint density at radius 3 is 2.89 bits per heavy atom. The van der Waals surface area contributed by atoms with Gasteiger partial charge in [0.1, 0.15) is 5.82 Å². The van der Waals surface area contributed by atoms with Crippen molar-refractivity contribution in [2.24, 2.45) is 0 Å². The van der Waals surface area contributed by atoms with Gasteiger partial charge in [-0.3, -0.25) is 4.79 Å². The number of carbonyl (C=O) groups is 1. The lowest BCUT2D eigenvalue weighted by molar-refractivity contribution is -0.131. The van der Waals surface area contributed by atoms with Crippen LogP contribution in [-0.2, 0) is 16.1 Å². The third-order valence-electron chi connectivity index (χ3n) is 5.58. The summed E-state index contributed by atoms with van der Waals surface area (Å²) in [7, 11) is 1.62. The van der Waals surface area contributed by atoms with E-state index in [2.05, 4.69) is 14.5 Å². The third kappa shape index (κ3) is 3.40. The van der Waals surface area contributed by atoms with E-state index in [9.17, 15) is 4.79 Å². The molecule has 1 saturated heterocycles. The molecule has 0 bridgehead atoms. The molecule has 0 saturated carbocycles. The first-order valence-corrected chi connectivity index (χ1v) is 9.66. The van der Waals surface area contributed by atoms with E-state index in [1.807, 2.05) is 47.9 Å². The van der Waals surface area contributed by atoms with Crippen LogP contribution in [-0.4, -0.2) is 61.8 Å². The van der Waals surface area contributed by atoms with Crippen molar-refractivity contribution in [2.75, 3.05) is 26.8 Å². The molecule has 1 aliphatic rings. The summed E-state index contributed by atoms with van der Waals surface area (Å²) in [5.74, 6) is 1.39. The van der Waals surface area contributed by atoms with E-state index in [-0.39, 0.29) is 11.8 Å². The van der Waals surface area contributed by atoms with Crippen LogP contribution in [0.25, 0.3) is 5.65 Å². The topological polar surface area (TPSA) is 77.5 Å². The molecule has 0 spiro atoms. The molecule has 1 amide bonds. The summed E-state index contributed by atoms with van der Waals surface area (Å²) in [6.07, 6.45) is 7.01. The maximum atomic E-state index is 12.3. The summed E-state index contributed by atoms with van der Waals surface area (Å²) >= 11 is 0. The Labute approximate surface area is 164 Å². The first-order valence-electron chi connectivity index (χ1n) is 9.66. The molecule has 0 N–H and O–H groups in total. The molecule has 1 atom stereocenters. The molecular weight excluding hydrogens is 356 g/mol. The predicted octanol–water partition coefficient (Wildman–Crippen LogP) is 1.94. The largest absolute Gasteiger partial charge is 0.384 e. The van der Waals surface area contributed by atoms with E-state index in [1.54, 1.807) is 7.11 Å². The van der Waals surface area contributed by atoms with Crippen LogP contribution in [0.4, 0.5) is 0 Å². The van der Waals surface area contributed by atoms with Crippen molar-refractivity contribution in [3.63, 3.8) is 0 Å². The third-order valence-corrected chi connectivity index (χ3v) is 5.58. The summed E-state index contributed by atoms with van der Waals surface area (Å²) < 4.78 is 9.10. The summed E-state index contributed by atoms with van der Waals surface area (Å²) in [4.78, 5) is 23.2. The fourth-order valence-electron chi connectivity index (χ4n) is 3.93. The van der Waals surface area contributed by atoms with Crippen LogP contribution in [0.2, 0.25) is 0 Å². The number of rotatable bonds is 6. The van der Waals surface area contributed by atoms with E-state index in [0.29, 0.717) is 19.6 Å². The second kappa shape index (κ2) is 7.71. The maximum absolute atomic E-state index is 12.3. The van der Waals surface area contributed by atoms with Crippen LogP contribution in [0.5, 0.6) is 0 Å². The number of likely N-dealkylation sites (tertiary alicyclic amines) is 1. The number of nitrogens with zero attached hydrogens (tertiary/aromatic N) is 6. The van der Waals surface area contributed by atoms with Crippen LogP contribution >= 0.6 is 0 Å². The van der Waals surface area contributed by atoms with E-state index in [4.69, 9.17) is 9.84 Å². The van der Waals surface area contributed by atoms with Crippen molar-refractivity contribution in [1.29, 1.82) is 0 Å². The van der Waals surface area contributed by atoms with E-state index >= 15 is 0 Å². The van der Waals surface area contributed by atoms with Gasteiger partial charge >= 0.3 is 0 Å². The van der Waals surface area contributed by atoms with Crippen molar-refractivity contribution < 1.29 is 9.53 Å². The minimum Gasteiger partial charge on any atom is -0.384 e. The van der Waals surface area contributed by atoms with Crippen LogP contribution in [0.1, 0.15) is 41.5 Å². The van der Waals surface area contributed by atoms with Gasteiger partial charge < -0.3 is 14.2 Å². The minimum atomic E-state index is 0.155. The molecule has 4 heterocycles. The normalized spacial score (nSPS) is 17.0. The Balaban J connectivity index is 1.60. The molecule has 3 aromatic rings. The zero-order valence-corrected chi connectivity index (χ0v) is 16.6. The number of aromatic nitrogens is 5. The molecule has 4 rings (SSSR count). The highest BCUT2D eigenvalue weighted by molar-refractivity contribution is 5.76. The fraction of sp³-hybridized carbons (Fsp3) is 0.500. The smallest absolute Gasteiger partial charge is 0.224 e. The van der Waals surface area contributed by atoms with Gasteiger partial charge in [0.25, 0.3) is 0 Å². The van der Waals surface area contributed by atoms with Crippen molar-refractivity contribution in [1.82, 2.24) is 29.0 Å². The molecule has 0 radical (unpaired) electrons. The molecule has 1 fully saturated rings. The highest BCUT2D eigenvalue weighted by Crippen LogP contribution is 2.29. The number of amides is 1. The predicted molar refractivity (Wildman–Crippen MR) is 104 cm³/mol. The lowest BCUT2D eigenvalue weighted by Gasteiger charge is -2.17. The van der Waals surface area contributed by atoms with Gasteiger partial charge in [0.05, 0.1) is 31.0 Å². The molecular formula is C20H26N6O2. The van der Waals surface area contributed by atoms with Crippen molar-refractivity contribution in [2.45, 2.75) is 39.2 Å². The first kappa shape index (κ1) is 18.6. The number of ether oxygens (including phenoxy) is 1. The van der Waals surface area contributed by atoms with Gasteiger partial charge in [0.15, 0.2) is 5.65 Å². The second-order valence-electron chi connectivity index (χ2n) is 7.34. The van der Waals surface area contributed by atoms with E-state index < -0.39 is 0 Å². The highest BCUT2D eigenvalue weighted by Gasteiger charge is 2.29. The SMILES string of the molecule is COCCC(=O)N1CCC(c2ccnc3c(Cn4ccnc4C)c(C)nn23)C1. The molecule has 3 aromatic heterocycles. The van der Waals surface area contributed by atoms with E-state index in [1.165, 1.54) is 0 Å². The molecule has 0 aromatic carbocycles. The van der Waals surface area contributed by atoms with Gasteiger partial charge in [-0.05, 0) is 26.3 Å². The zero-order valence-electron chi connectivity index (χ0n) is 16.6. The Morgan fingerprint density at radius 1 is 1.29 bits per heavy atom. The summed E-state index contributed by atoms with van der Waals surface area (Å²) in [6.45, 7) is 6.68. The monoisotopic (exact) mass is 382 g/mol. The number of carbonyl (C=O) groups excluding carboxylic acids is 1. The van der Waals surface area contributed by atoms with Gasteiger partial charge in [0, 0.05) is 50.3 Å². The Bertz CT molecular complexity index is 992. The number of hydrogen-bond acceptors (Lipinski definition) is 5. The first-order chi connectivity index (χ1) is 13.6. The number of fused-ring (bicyclic) bond motifs is 1. The van der Waals surface area contributed by atoms with Gasteiger partial charge in [-0.2, -0.15) is 5.10 Å². The van der Waals surface area contributed by atoms with Crippen molar-refractivity contribution in [3.05, 3.63) is 47.4 Å². The number of methoxy groups -OCH3 is 1. The molecule has 1 unspecified atom stereocenters. The van der Waals surface area contributed by atoms with E-state index in [0.717, 1.165) is 47.9 Å². The van der Waals surface area contributed by atoms with Crippen LogP contribution < -0.4 is 0 Å². The molecule has 28 heavy (non-hydrogen) atoms. The molecule has 1 aliphatic heterocycles. The highest BCUT2D eigenvalue weighted by atomic mass is 16.5. The van der Waals surface area contributed by atoms with Gasteiger partial charge in [0.2, 0.25) is 5.91 Å². The molecule has 8 heteroatoms. The summed E-state index contributed by atoms with van der Waals surface area (Å²) in [5.41, 5.74) is 4.07. The second-order valence-corrected chi connectivity index (χ2v) is 7.34. The lowest BCUT2D eigenvalue weighted by atomic mass is 10.0. The number of imidazole rings is 1. The number of aryl methyl sites for hydroxylation is 2.